The fraction of sp³-hybridized carbons (Fsp3) is 0.500. The van der Waals surface area contributed by atoms with Gasteiger partial charge in [-0.3, -0.25) is 14.5 Å². The van der Waals surface area contributed by atoms with Gasteiger partial charge in [-0.15, -0.1) is 24.0 Å². The van der Waals surface area contributed by atoms with E-state index in [4.69, 9.17) is 4.99 Å². The molecule has 8 heteroatoms. The molecule has 2 aromatic rings. The summed E-state index contributed by atoms with van der Waals surface area (Å²) in [5.74, 6) is 1.38. The van der Waals surface area contributed by atoms with Gasteiger partial charge in [0.2, 0.25) is 5.91 Å². The highest BCUT2D eigenvalue weighted by atomic mass is 127. The maximum Gasteiger partial charge on any atom is 0.246 e. The van der Waals surface area contributed by atoms with Crippen LogP contribution >= 0.6 is 24.0 Å². The third-order valence-electron chi connectivity index (χ3n) is 5.81. The Morgan fingerprint density at radius 1 is 1.30 bits per heavy atom. The molecule has 1 aliphatic heterocycles. The predicted octanol–water partition coefficient (Wildman–Crippen LogP) is 2.77. The van der Waals surface area contributed by atoms with Crippen molar-refractivity contribution >= 4 is 41.5 Å². The van der Waals surface area contributed by atoms with Crippen molar-refractivity contribution in [1.29, 1.82) is 0 Å². The zero-order chi connectivity index (χ0) is 20.2. The fourth-order valence-electron chi connectivity index (χ4n) is 4.34. The first kappa shape index (κ1) is 22.6. The van der Waals surface area contributed by atoms with Gasteiger partial charge in [0.15, 0.2) is 5.96 Å². The van der Waals surface area contributed by atoms with Crippen LogP contribution < -0.4 is 10.2 Å². The largest absolute Gasteiger partial charge is 0.357 e. The van der Waals surface area contributed by atoms with Crippen LogP contribution in [0.5, 0.6) is 0 Å². The molecular weight excluding hydrogens is 491 g/mol. The molecule has 1 aromatic heterocycles. The van der Waals surface area contributed by atoms with Crippen molar-refractivity contribution in [3.63, 3.8) is 0 Å². The minimum absolute atomic E-state index is 0. The second-order valence-electron chi connectivity index (χ2n) is 7.82. The summed E-state index contributed by atoms with van der Waals surface area (Å²) in [7, 11) is 1.86. The van der Waals surface area contributed by atoms with Gasteiger partial charge >= 0.3 is 0 Å². The van der Waals surface area contributed by atoms with E-state index in [9.17, 15) is 4.79 Å². The number of rotatable bonds is 4. The van der Waals surface area contributed by atoms with E-state index in [0.29, 0.717) is 19.0 Å². The van der Waals surface area contributed by atoms with Crippen molar-refractivity contribution in [1.82, 2.24) is 20.0 Å². The minimum Gasteiger partial charge on any atom is -0.357 e. The number of carbonyl (C=O) groups is 1. The molecule has 162 valence electrons. The molecule has 0 bridgehead atoms. The third-order valence-corrected chi connectivity index (χ3v) is 5.81. The van der Waals surface area contributed by atoms with E-state index in [1.807, 2.05) is 18.1 Å². The monoisotopic (exact) mass is 522 g/mol. The molecule has 1 aromatic carbocycles. The Kier molecular flexibility index (Phi) is 7.74. The van der Waals surface area contributed by atoms with Crippen LogP contribution in [0.4, 0.5) is 5.69 Å². The van der Waals surface area contributed by atoms with Crippen LogP contribution in [0.15, 0.2) is 41.7 Å². The van der Waals surface area contributed by atoms with Crippen LogP contribution in [0.3, 0.4) is 0 Å². The fourth-order valence-corrected chi connectivity index (χ4v) is 4.34. The summed E-state index contributed by atoms with van der Waals surface area (Å²) >= 11 is 0. The zero-order valence-electron chi connectivity index (χ0n) is 17.8. The number of amides is 1. The maximum atomic E-state index is 12.8. The summed E-state index contributed by atoms with van der Waals surface area (Å²) in [4.78, 5) is 21.6. The van der Waals surface area contributed by atoms with Crippen molar-refractivity contribution in [3.8, 4) is 0 Å². The van der Waals surface area contributed by atoms with E-state index in [1.54, 1.807) is 10.9 Å². The lowest BCUT2D eigenvalue weighted by atomic mass is 9.83. The Hall–Kier alpha value is -2.10. The summed E-state index contributed by atoms with van der Waals surface area (Å²) in [5.41, 5.74) is 3.76. The van der Waals surface area contributed by atoms with Gasteiger partial charge in [-0.2, -0.15) is 5.10 Å². The second kappa shape index (κ2) is 10.3. The Bertz CT molecular complexity index is 895. The molecule has 1 amide bonds. The topological polar surface area (TPSA) is 65.8 Å². The number of hydrogen-bond acceptors (Lipinski definition) is 3. The van der Waals surface area contributed by atoms with Crippen LogP contribution in [0.1, 0.15) is 36.8 Å². The lowest BCUT2D eigenvalue weighted by Gasteiger charge is -2.35. The lowest BCUT2D eigenvalue weighted by Crippen LogP contribution is -2.55. The molecule has 4 rings (SSSR count). The number of guanidine groups is 1. The molecule has 1 atom stereocenters. The number of hydrogen-bond donors (Lipinski definition) is 1. The van der Waals surface area contributed by atoms with Crippen molar-refractivity contribution < 1.29 is 4.79 Å². The third kappa shape index (κ3) is 4.96. The zero-order valence-corrected chi connectivity index (χ0v) is 20.1. The van der Waals surface area contributed by atoms with E-state index in [-0.39, 0.29) is 29.9 Å². The Labute approximate surface area is 195 Å². The standard InChI is InChI=1S/C22H30N6O.HI/c1-3-23-22(24-13-18-9-6-8-17-7-4-5-10-20(17)18)27-11-12-28(21(29)16-27)19-14-25-26(2)15-19;/h4-5,7,10,14-15,18H,3,6,8-9,11-13,16H2,1-2H3,(H,23,24);1H. The van der Waals surface area contributed by atoms with E-state index in [2.05, 4.69) is 46.5 Å². The van der Waals surface area contributed by atoms with Gasteiger partial charge in [-0.25, -0.2) is 0 Å². The van der Waals surface area contributed by atoms with Gasteiger partial charge in [0, 0.05) is 45.3 Å². The number of anilines is 1. The van der Waals surface area contributed by atoms with Gasteiger partial charge in [0.1, 0.15) is 6.54 Å². The van der Waals surface area contributed by atoms with Crippen LogP contribution in [0.2, 0.25) is 0 Å². The molecule has 1 fully saturated rings. The van der Waals surface area contributed by atoms with Crippen molar-refractivity contribution in [2.45, 2.75) is 32.1 Å². The number of halogens is 1. The molecule has 0 spiro atoms. The lowest BCUT2D eigenvalue weighted by molar-refractivity contribution is -0.120. The first-order valence-electron chi connectivity index (χ1n) is 10.6. The molecule has 1 N–H and O–H groups in total. The molecule has 0 saturated carbocycles. The normalized spacial score (nSPS) is 19.3. The van der Waals surface area contributed by atoms with E-state index in [0.717, 1.165) is 31.3 Å². The van der Waals surface area contributed by atoms with Crippen LogP contribution in [-0.2, 0) is 18.3 Å². The van der Waals surface area contributed by atoms with Gasteiger partial charge in [-0.05, 0) is 37.3 Å². The van der Waals surface area contributed by atoms with E-state index in [1.165, 1.54) is 30.4 Å². The van der Waals surface area contributed by atoms with Crippen LogP contribution in [0.25, 0.3) is 0 Å². The number of aromatic nitrogens is 2. The SMILES string of the molecule is CCNC(=NCC1CCCc2ccccc21)N1CCN(c2cnn(C)c2)C(=O)C1.I. The predicted molar refractivity (Wildman–Crippen MR) is 131 cm³/mol. The molecule has 2 heterocycles. The molecule has 1 saturated heterocycles. The van der Waals surface area contributed by atoms with E-state index >= 15 is 0 Å². The summed E-state index contributed by atoms with van der Waals surface area (Å²) in [5, 5.41) is 7.57. The maximum absolute atomic E-state index is 12.8. The Morgan fingerprint density at radius 3 is 2.87 bits per heavy atom. The molecular formula is C22H31IN6O. The summed E-state index contributed by atoms with van der Waals surface area (Å²) in [6, 6.07) is 8.74. The second-order valence-corrected chi connectivity index (χ2v) is 7.82. The van der Waals surface area contributed by atoms with Gasteiger partial charge in [0.05, 0.1) is 11.9 Å². The molecule has 1 unspecified atom stereocenters. The first-order chi connectivity index (χ1) is 14.2. The molecule has 2 aliphatic rings. The number of fused-ring (bicyclic) bond motifs is 1. The number of piperazine rings is 1. The molecule has 0 radical (unpaired) electrons. The highest BCUT2D eigenvalue weighted by Crippen LogP contribution is 2.31. The van der Waals surface area contributed by atoms with Gasteiger partial charge in [-0.1, -0.05) is 24.3 Å². The highest BCUT2D eigenvalue weighted by Gasteiger charge is 2.28. The minimum atomic E-state index is 0. The average Bonchev–Trinajstić information content (AvgIpc) is 3.17. The first-order valence-corrected chi connectivity index (χ1v) is 10.6. The highest BCUT2D eigenvalue weighted by molar-refractivity contribution is 14.0. The number of nitrogens with zero attached hydrogens (tertiary/aromatic N) is 5. The smallest absolute Gasteiger partial charge is 0.246 e. The summed E-state index contributed by atoms with van der Waals surface area (Å²) in [6.45, 7) is 5.35. The number of aryl methyl sites for hydroxylation is 2. The molecule has 30 heavy (non-hydrogen) atoms. The van der Waals surface area contributed by atoms with Crippen molar-refractivity contribution in [2.75, 3.05) is 37.6 Å². The Balaban J connectivity index is 0.00000256. The van der Waals surface area contributed by atoms with Crippen LogP contribution in [0, 0.1) is 0 Å². The summed E-state index contributed by atoms with van der Waals surface area (Å²) < 4.78 is 1.72. The number of aliphatic imine (C=N–C) groups is 1. The Morgan fingerprint density at radius 2 is 2.13 bits per heavy atom. The quantitative estimate of drug-likeness (QED) is 0.381. The van der Waals surface area contributed by atoms with Crippen LogP contribution in [-0.4, -0.2) is 59.3 Å². The number of benzene rings is 1. The molecule has 1 aliphatic carbocycles. The number of nitrogens with one attached hydrogen (secondary N) is 1. The van der Waals surface area contributed by atoms with Gasteiger partial charge < -0.3 is 15.1 Å². The van der Waals surface area contributed by atoms with Crippen molar-refractivity contribution in [3.05, 3.63) is 47.8 Å². The number of carbonyl (C=O) groups excluding carboxylic acids is 1. The molecule has 7 nitrogen and oxygen atoms in total. The van der Waals surface area contributed by atoms with Crippen molar-refractivity contribution in [2.24, 2.45) is 12.0 Å². The summed E-state index contributed by atoms with van der Waals surface area (Å²) in [6.07, 6.45) is 7.19. The average molecular weight is 522 g/mol. The van der Waals surface area contributed by atoms with Gasteiger partial charge in [0.25, 0.3) is 0 Å². The van der Waals surface area contributed by atoms with E-state index < -0.39 is 0 Å².